The minimum absolute atomic E-state index is 0.0352. The van der Waals surface area contributed by atoms with Crippen molar-refractivity contribution in [1.29, 1.82) is 0 Å². The topological polar surface area (TPSA) is 69.3 Å². The highest BCUT2D eigenvalue weighted by Crippen LogP contribution is 2.36. The van der Waals surface area contributed by atoms with Gasteiger partial charge in [0.2, 0.25) is 5.09 Å². The largest absolute Gasteiger partial charge is 0.451 e. The first-order valence-corrected chi connectivity index (χ1v) is 8.86. The molecule has 0 N–H and O–H groups in total. The maximum atomic E-state index is 14.3. The van der Waals surface area contributed by atoms with E-state index in [2.05, 4.69) is 0 Å². The van der Waals surface area contributed by atoms with Crippen molar-refractivity contribution in [1.82, 2.24) is 3.97 Å². The zero-order valence-electron chi connectivity index (χ0n) is 12.7. The molecule has 4 rings (SSSR count). The number of nitrogens with zero attached hydrogens (tertiary/aromatic N) is 1. The fraction of sp³-hybridized carbons (Fsp3) is 0.118. The summed E-state index contributed by atoms with van der Waals surface area (Å²) in [6.45, 7) is 0. The number of Topliss-reactive ketones (excluding diaryl/α,β-unsaturated/α-hetero) is 1. The Labute approximate surface area is 141 Å². The van der Waals surface area contributed by atoms with Crippen LogP contribution in [-0.2, 0) is 16.4 Å². The summed E-state index contributed by atoms with van der Waals surface area (Å²) in [5, 5.41) is -0.325. The molecule has 0 unspecified atom stereocenters. The highest BCUT2D eigenvalue weighted by Gasteiger charge is 2.34. The summed E-state index contributed by atoms with van der Waals surface area (Å²) in [6, 6.07) is 6.86. The number of carbonyl (C=O) groups is 1. The smallest absolute Gasteiger partial charge is 0.301 e. The van der Waals surface area contributed by atoms with Crippen molar-refractivity contribution in [2.75, 3.05) is 0 Å². The maximum absolute atomic E-state index is 14.3. The van der Waals surface area contributed by atoms with E-state index >= 15 is 0 Å². The molecule has 0 radical (unpaired) electrons. The Morgan fingerprint density at radius 1 is 1.04 bits per heavy atom. The van der Waals surface area contributed by atoms with Gasteiger partial charge in [0.1, 0.15) is 11.6 Å². The molecule has 0 saturated heterocycles. The summed E-state index contributed by atoms with van der Waals surface area (Å²) >= 11 is 0. The average molecular weight is 363 g/mol. The van der Waals surface area contributed by atoms with Crippen LogP contribution in [0.25, 0.3) is 11.3 Å². The fourth-order valence-electron chi connectivity index (χ4n) is 3.04. The molecule has 1 aromatic carbocycles. The standard InChI is InChI=1S/C17H11F2NO4S/c18-10-3-4-11(13(19)8-10)15-9-12-14(5-6-16(12)21)20(15)25(22,23)17-2-1-7-24-17/h1-4,7-9H,5-6H2. The van der Waals surface area contributed by atoms with Crippen LogP contribution in [0, 0.1) is 11.6 Å². The van der Waals surface area contributed by atoms with Gasteiger partial charge in [-0.2, -0.15) is 8.42 Å². The molecular weight excluding hydrogens is 352 g/mol. The van der Waals surface area contributed by atoms with Crippen molar-refractivity contribution in [2.24, 2.45) is 0 Å². The third-order valence-electron chi connectivity index (χ3n) is 4.14. The monoisotopic (exact) mass is 363 g/mol. The van der Waals surface area contributed by atoms with E-state index in [1.54, 1.807) is 0 Å². The van der Waals surface area contributed by atoms with E-state index in [0.717, 1.165) is 16.1 Å². The van der Waals surface area contributed by atoms with Gasteiger partial charge in [-0.3, -0.25) is 4.79 Å². The molecule has 0 aliphatic heterocycles. The molecule has 1 aliphatic carbocycles. The maximum Gasteiger partial charge on any atom is 0.301 e. The van der Waals surface area contributed by atoms with Crippen LogP contribution < -0.4 is 0 Å². The first-order valence-electron chi connectivity index (χ1n) is 7.42. The first kappa shape index (κ1) is 15.8. The summed E-state index contributed by atoms with van der Waals surface area (Å²) in [7, 11) is -4.17. The van der Waals surface area contributed by atoms with Gasteiger partial charge in [-0.15, -0.1) is 0 Å². The molecule has 1 aliphatic rings. The van der Waals surface area contributed by atoms with E-state index in [1.165, 1.54) is 24.5 Å². The molecule has 3 aromatic rings. The van der Waals surface area contributed by atoms with E-state index in [0.29, 0.717) is 6.07 Å². The highest BCUT2D eigenvalue weighted by molar-refractivity contribution is 7.90. The second-order valence-corrected chi connectivity index (χ2v) is 7.36. The van der Waals surface area contributed by atoms with Crippen LogP contribution >= 0.6 is 0 Å². The van der Waals surface area contributed by atoms with Crippen LogP contribution in [0.15, 0.2) is 52.2 Å². The van der Waals surface area contributed by atoms with Crippen molar-refractivity contribution in [2.45, 2.75) is 17.9 Å². The summed E-state index contributed by atoms with van der Waals surface area (Å²) in [5.41, 5.74) is 0.361. The van der Waals surface area contributed by atoms with E-state index < -0.39 is 21.7 Å². The van der Waals surface area contributed by atoms with Gasteiger partial charge in [-0.1, -0.05) is 0 Å². The predicted octanol–water partition coefficient (Wildman–Crippen LogP) is 3.39. The first-order chi connectivity index (χ1) is 11.9. The van der Waals surface area contributed by atoms with Gasteiger partial charge < -0.3 is 4.42 Å². The van der Waals surface area contributed by atoms with Crippen LogP contribution in [0.5, 0.6) is 0 Å². The minimum Gasteiger partial charge on any atom is -0.451 e. The lowest BCUT2D eigenvalue weighted by molar-refractivity contribution is 0.0994. The van der Waals surface area contributed by atoms with E-state index in [-0.39, 0.29) is 46.2 Å². The number of fused-ring (bicyclic) bond motifs is 1. The van der Waals surface area contributed by atoms with Crippen LogP contribution in [0.3, 0.4) is 0 Å². The Morgan fingerprint density at radius 2 is 1.84 bits per heavy atom. The molecule has 0 saturated carbocycles. The summed E-state index contributed by atoms with van der Waals surface area (Å²) in [5.74, 6) is -1.91. The van der Waals surface area contributed by atoms with Gasteiger partial charge in [0.15, 0.2) is 5.78 Å². The number of aromatic nitrogens is 1. The molecule has 2 heterocycles. The third kappa shape index (κ3) is 2.32. The van der Waals surface area contributed by atoms with E-state index in [9.17, 15) is 22.0 Å². The quantitative estimate of drug-likeness (QED) is 0.715. The van der Waals surface area contributed by atoms with E-state index in [4.69, 9.17) is 4.42 Å². The number of halogens is 2. The lowest BCUT2D eigenvalue weighted by Crippen LogP contribution is -2.16. The van der Waals surface area contributed by atoms with Gasteiger partial charge >= 0.3 is 10.0 Å². The fourth-order valence-corrected chi connectivity index (χ4v) is 4.53. The molecule has 0 bridgehead atoms. The second-order valence-electron chi connectivity index (χ2n) is 5.64. The summed E-state index contributed by atoms with van der Waals surface area (Å²) < 4.78 is 59.3. The Hall–Kier alpha value is -2.74. The normalized spacial score (nSPS) is 14.1. The Balaban J connectivity index is 2.04. The SMILES string of the molecule is O=C1CCc2c1cc(-c1ccc(F)cc1F)n2S(=O)(=O)c1ccco1. The van der Waals surface area contributed by atoms with E-state index in [1.807, 2.05) is 0 Å². The zero-order valence-corrected chi connectivity index (χ0v) is 13.5. The van der Waals surface area contributed by atoms with Crippen molar-refractivity contribution < 1.29 is 26.4 Å². The molecule has 0 spiro atoms. The lowest BCUT2D eigenvalue weighted by atomic mass is 10.1. The molecule has 0 fully saturated rings. The molecule has 0 atom stereocenters. The van der Waals surface area contributed by atoms with Gasteiger partial charge in [0, 0.05) is 29.3 Å². The van der Waals surface area contributed by atoms with Crippen molar-refractivity contribution in [3.05, 3.63) is 65.6 Å². The van der Waals surface area contributed by atoms with Crippen LogP contribution in [0.4, 0.5) is 8.78 Å². The molecule has 5 nitrogen and oxygen atoms in total. The summed E-state index contributed by atoms with van der Waals surface area (Å²) in [4.78, 5) is 12.0. The van der Waals surface area contributed by atoms with Gasteiger partial charge in [-0.25, -0.2) is 12.8 Å². The molecular formula is C17H11F2NO4S. The number of hydrogen-bond acceptors (Lipinski definition) is 4. The Kier molecular flexibility index (Phi) is 3.40. The Bertz CT molecular complexity index is 1100. The number of rotatable bonds is 3. The van der Waals surface area contributed by atoms with Crippen LogP contribution in [-0.4, -0.2) is 18.2 Å². The van der Waals surface area contributed by atoms with Gasteiger partial charge in [0.25, 0.3) is 0 Å². The molecule has 128 valence electrons. The van der Waals surface area contributed by atoms with Gasteiger partial charge in [-0.05, 0) is 36.8 Å². The van der Waals surface area contributed by atoms with Crippen molar-refractivity contribution >= 4 is 15.8 Å². The number of ketones is 1. The zero-order chi connectivity index (χ0) is 17.8. The number of furan rings is 1. The van der Waals surface area contributed by atoms with Crippen LogP contribution in [0.1, 0.15) is 22.5 Å². The lowest BCUT2D eigenvalue weighted by Gasteiger charge is -2.12. The number of benzene rings is 1. The highest BCUT2D eigenvalue weighted by atomic mass is 32.2. The van der Waals surface area contributed by atoms with Crippen molar-refractivity contribution in [3.8, 4) is 11.3 Å². The van der Waals surface area contributed by atoms with Crippen LogP contribution in [0.2, 0.25) is 0 Å². The molecule has 25 heavy (non-hydrogen) atoms. The third-order valence-corrected chi connectivity index (χ3v) is 5.78. The number of carbonyl (C=O) groups excluding carboxylic acids is 1. The predicted molar refractivity (Wildman–Crippen MR) is 83.7 cm³/mol. The number of hydrogen-bond donors (Lipinski definition) is 0. The minimum atomic E-state index is -4.17. The average Bonchev–Trinajstić information content (AvgIpc) is 3.25. The molecule has 8 heteroatoms. The second kappa shape index (κ2) is 5.38. The van der Waals surface area contributed by atoms with Crippen molar-refractivity contribution in [3.63, 3.8) is 0 Å². The summed E-state index contributed by atoms with van der Waals surface area (Å²) in [6.07, 6.45) is 1.61. The Morgan fingerprint density at radius 3 is 2.52 bits per heavy atom. The molecule has 0 amide bonds. The van der Waals surface area contributed by atoms with Gasteiger partial charge in [0.05, 0.1) is 12.0 Å². The molecule has 2 aromatic heterocycles.